The van der Waals surface area contributed by atoms with Gasteiger partial charge in [-0.15, -0.1) is 0 Å². The van der Waals surface area contributed by atoms with Crippen LogP contribution in [0.4, 0.5) is 0 Å². The first-order valence-corrected chi connectivity index (χ1v) is 7.04. The number of hydrogen-bond donors (Lipinski definition) is 1. The predicted molar refractivity (Wildman–Crippen MR) is 71.6 cm³/mol. The summed E-state index contributed by atoms with van der Waals surface area (Å²) >= 11 is 0. The smallest absolute Gasteiger partial charge is 0.257 e. The molecule has 0 unspecified atom stereocenters. The lowest BCUT2D eigenvalue weighted by Gasteiger charge is -2.16. The van der Waals surface area contributed by atoms with Gasteiger partial charge in [0.2, 0.25) is 0 Å². The molecule has 0 atom stereocenters. The van der Waals surface area contributed by atoms with E-state index in [9.17, 15) is 0 Å². The third-order valence-electron chi connectivity index (χ3n) is 3.98. The largest absolute Gasteiger partial charge is 0.334 e. The van der Waals surface area contributed by atoms with Crippen molar-refractivity contribution in [2.75, 3.05) is 6.54 Å². The summed E-state index contributed by atoms with van der Waals surface area (Å²) in [5, 5.41) is 7.48. The van der Waals surface area contributed by atoms with Crippen molar-refractivity contribution >= 4 is 0 Å². The molecule has 2 heterocycles. The van der Waals surface area contributed by atoms with Crippen molar-refractivity contribution in [3.8, 4) is 11.5 Å². The Kier molecular flexibility index (Phi) is 2.62. The van der Waals surface area contributed by atoms with Crippen LogP contribution in [-0.4, -0.2) is 16.7 Å². The van der Waals surface area contributed by atoms with Crippen LogP contribution in [-0.2, 0) is 19.4 Å². The van der Waals surface area contributed by atoms with Gasteiger partial charge in [0.05, 0.1) is 0 Å². The van der Waals surface area contributed by atoms with Gasteiger partial charge >= 0.3 is 0 Å². The molecule has 2 aromatic rings. The highest BCUT2D eigenvalue weighted by Gasteiger charge is 2.24. The molecule has 0 spiro atoms. The van der Waals surface area contributed by atoms with E-state index in [0.29, 0.717) is 5.89 Å². The van der Waals surface area contributed by atoms with E-state index in [4.69, 9.17) is 4.52 Å². The van der Waals surface area contributed by atoms with Crippen molar-refractivity contribution in [3.05, 3.63) is 35.2 Å². The Hall–Kier alpha value is -1.68. The average Bonchev–Trinajstić information content (AvgIpc) is 3.14. The minimum Gasteiger partial charge on any atom is -0.334 e. The highest BCUT2D eigenvalue weighted by atomic mass is 16.5. The molecule has 4 rings (SSSR count). The maximum Gasteiger partial charge on any atom is 0.257 e. The normalized spacial score (nSPS) is 18.3. The van der Waals surface area contributed by atoms with Gasteiger partial charge in [0.25, 0.3) is 5.89 Å². The lowest BCUT2D eigenvalue weighted by atomic mass is 9.98. The van der Waals surface area contributed by atoms with Gasteiger partial charge < -0.3 is 9.84 Å². The number of benzene rings is 1. The Labute approximate surface area is 112 Å². The first-order valence-electron chi connectivity index (χ1n) is 7.04. The molecule has 0 amide bonds. The van der Waals surface area contributed by atoms with E-state index in [2.05, 4.69) is 33.7 Å². The van der Waals surface area contributed by atoms with Crippen molar-refractivity contribution < 1.29 is 4.52 Å². The fourth-order valence-corrected chi connectivity index (χ4v) is 2.65. The molecular weight excluding hydrogens is 238 g/mol. The van der Waals surface area contributed by atoms with E-state index >= 15 is 0 Å². The molecule has 1 fully saturated rings. The minimum atomic E-state index is 0.657. The second-order valence-corrected chi connectivity index (χ2v) is 5.57. The number of nitrogens with one attached hydrogen (secondary N) is 1. The maximum atomic E-state index is 5.39. The second-order valence-electron chi connectivity index (χ2n) is 5.57. The summed E-state index contributed by atoms with van der Waals surface area (Å²) in [6, 6.07) is 6.46. The zero-order valence-electron chi connectivity index (χ0n) is 10.9. The highest BCUT2D eigenvalue weighted by Crippen LogP contribution is 2.32. The van der Waals surface area contributed by atoms with Gasteiger partial charge in [-0.25, -0.2) is 0 Å². The SMILES string of the molecule is c1cc2c(cc1-c1nc(CC3CC3)no1)CNCC2. The van der Waals surface area contributed by atoms with Crippen LogP contribution in [0.3, 0.4) is 0 Å². The number of fused-ring (bicyclic) bond motifs is 1. The van der Waals surface area contributed by atoms with Crippen LogP contribution in [0.15, 0.2) is 22.7 Å². The van der Waals surface area contributed by atoms with E-state index < -0.39 is 0 Å². The molecule has 4 nitrogen and oxygen atoms in total. The van der Waals surface area contributed by atoms with Crippen LogP contribution >= 0.6 is 0 Å². The molecule has 0 radical (unpaired) electrons. The van der Waals surface area contributed by atoms with E-state index in [1.165, 1.54) is 24.0 Å². The van der Waals surface area contributed by atoms with E-state index in [-0.39, 0.29) is 0 Å². The van der Waals surface area contributed by atoms with Crippen LogP contribution < -0.4 is 5.32 Å². The number of nitrogens with zero attached hydrogens (tertiary/aromatic N) is 2. The monoisotopic (exact) mass is 255 g/mol. The molecule has 1 N–H and O–H groups in total. The van der Waals surface area contributed by atoms with Crippen molar-refractivity contribution in [2.45, 2.75) is 32.2 Å². The Morgan fingerprint density at radius 3 is 3.11 bits per heavy atom. The van der Waals surface area contributed by atoms with Gasteiger partial charge in [0, 0.05) is 18.5 Å². The lowest BCUT2D eigenvalue weighted by molar-refractivity contribution is 0.421. The third-order valence-corrected chi connectivity index (χ3v) is 3.98. The maximum absolute atomic E-state index is 5.39. The molecule has 98 valence electrons. The molecule has 1 aliphatic heterocycles. The topological polar surface area (TPSA) is 51.0 Å². The Balaban J connectivity index is 1.61. The quantitative estimate of drug-likeness (QED) is 0.914. The van der Waals surface area contributed by atoms with Crippen molar-refractivity contribution in [1.82, 2.24) is 15.5 Å². The van der Waals surface area contributed by atoms with Gasteiger partial charge in [0.1, 0.15) is 0 Å². The molecule has 1 aliphatic carbocycles. The molecule has 1 aromatic carbocycles. The molecule has 0 bridgehead atoms. The number of rotatable bonds is 3. The average molecular weight is 255 g/mol. The molecular formula is C15H17N3O. The molecule has 1 aromatic heterocycles. The van der Waals surface area contributed by atoms with Crippen LogP contribution in [0, 0.1) is 5.92 Å². The summed E-state index contributed by atoms with van der Waals surface area (Å²) in [7, 11) is 0. The van der Waals surface area contributed by atoms with Gasteiger partial charge in [-0.3, -0.25) is 0 Å². The predicted octanol–water partition coefficient (Wildman–Crippen LogP) is 2.33. The Morgan fingerprint density at radius 1 is 1.26 bits per heavy atom. The highest BCUT2D eigenvalue weighted by molar-refractivity contribution is 5.56. The van der Waals surface area contributed by atoms with Crippen LogP contribution in [0.5, 0.6) is 0 Å². The summed E-state index contributed by atoms with van der Waals surface area (Å²) in [5.74, 6) is 2.30. The first-order chi connectivity index (χ1) is 9.38. The Bertz CT molecular complexity index is 601. The van der Waals surface area contributed by atoms with Crippen molar-refractivity contribution in [3.63, 3.8) is 0 Å². The first kappa shape index (κ1) is 11.2. The molecule has 2 aliphatic rings. The summed E-state index contributed by atoms with van der Waals surface area (Å²) in [6.45, 7) is 2.00. The van der Waals surface area contributed by atoms with Crippen LogP contribution in [0.25, 0.3) is 11.5 Å². The van der Waals surface area contributed by atoms with Crippen molar-refractivity contribution in [2.24, 2.45) is 5.92 Å². The van der Waals surface area contributed by atoms with E-state index in [0.717, 1.165) is 43.2 Å². The number of aromatic nitrogens is 2. The lowest BCUT2D eigenvalue weighted by Crippen LogP contribution is -2.23. The molecule has 19 heavy (non-hydrogen) atoms. The van der Waals surface area contributed by atoms with Gasteiger partial charge in [-0.2, -0.15) is 4.98 Å². The van der Waals surface area contributed by atoms with E-state index in [1.54, 1.807) is 0 Å². The summed E-state index contributed by atoms with van der Waals surface area (Å²) in [6.07, 6.45) is 4.70. The van der Waals surface area contributed by atoms with Gasteiger partial charge in [0.15, 0.2) is 5.82 Å². The molecule has 0 saturated heterocycles. The third kappa shape index (κ3) is 2.28. The fraction of sp³-hybridized carbons (Fsp3) is 0.467. The van der Waals surface area contributed by atoms with E-state index in [1.807, 2.05) is 0 Å². The Morgan fingerprint density at radius 2 is 2.21 bits per heavy atom. The molecule has 4 heteroatoms. The van der Waals surface area contributed by atoms with Crippen LogP contribution in [0.2, 0.25) is 0 Å². The zero-order valence-corrected chi connectivity index (χ0v) is 10.9. The van der Waals surface area contributed by atoms with Gasteiger partial charge in [-0.05, 0) is 55.0 Å². The summed E-state index contributed by atoms with van der Waals surface area (Å²) < 4.78 is 5.39. The second kappa shape index (κ2) is 4.46. The van der Waals surface area contributed by atoms with Crippen LogP contribution in [0.1, 0.15) is 29.8 Å². The summed E-state index contributed by atoms with van der Waals surface area (Å²) in [4.78, 5) is 4.51. The summed E-state index contributed by atoms with van der Waals surface area (Å²) in [5.41, 5.74) is 3.82. The standard InChI is InChI=1S/C15H17N3O/c1-2-10(1)7-14-17-15(19-18-14)12-4-3-11-5-6-16-9-13(11)8-12/h3-4,8,10,16H,1-2,5-7,9H2. The fourth-order valence-electron chi connectivity index (χ4n) is 2.65. The van der Waals surface area contributed by atoms with Crippen molar-refractivity contribution in [1.29, 1.82) is 0 Å². The zero-order chi connectivity index (χ0) is 12.7. The van der Waals surface area contributed by atoms with Gasteiger partial charge in [-0.1, -0.05) is 11.2 Å². The number of hydrogen-bond acceptors (Lipinski definition) is 4. The minimum absolute atomic E-state index is 0.657. The molecule has 1 saturated carbocycles.